The van der Waals surface area contributed by atoms with Gasteiger partial charge >= 0.3 is 5.97 Å². The summed E-state index contributed by atoms with van der Waals surface area (Å²) in [4.78, 5) is 22.8. The van der Waals surface area contributed by atoms with E-state index in [1.165, 1.54) is 6.07 Å². The summed E-state index contributed by atoms with van der Waals surface area (Å²) in [5.41, 5.74) is 2.39. The van der Waals surface area contributed by atoms with Gasteiger partial charge in [0, 0.05) is 17.7 Å². The molecule has 0 aliphatic carbocycles. The summed E-state index contributed by atoms with van der Waals surface area (Å²) in [6, 6.07) is 8.56. The first-order chi connectivity index (χ1) is 11.0. The number of aryl methyl sites for hydroxylation is 1. The molecule has 0 aliphatic heterocycles. The van der Waals surface area contributed by atoms with Crippen LogP contribution in [0.3, 0.4) is 0 Å². The van der Waals surface area contributed by atoms with E-state index in [4.69, 9.17) is 9.52 Å². The first-order valence-electron chi connectivity index (χ1n) is 7.75. The maximum atomic E-state index is 11.9. The van der Waals surface area contributed by atoms with E-state index in [-0.39, 0.29) is 11.7 Å². The van der Waals surface area contributed by atoms with Gasteiger partial charge in [-0.25, -0.2) is 4.79 Å². The van der Waals surface area contributed by atoms with Crippen molar-refractivity contribution < 1.29 is 19.1 Å². The van der Waals surface area contributed by atoms with Crippen LogP contribution in [0.25, 0.3) is 11.3 Å². The number of carboxylic acid groups (broad SMARTS) is 1. The number of aromatic carboxylic acids is 1. The summed E-state index contributed by atoms with van der Waals surface area (Å²) in [5.74, 6) is -0.747. The Kier molecular flexibility index (Phi) is 5.57. The van der Waals surface area contributed by atoms with Crippen LogP contribution in [-0.4, -0.2) is 17.0 Å². The molecule has 2 rings (SSSR count). The zero-order chi connectivity index (χ0) is 16.8. The van der Waals surface area contributed by atoms with Gasteiger partial charge in [0.05, 0.1) is 0 Å². The number of anilines is 1. The van der Waals surface area contributed by atoms with E-state index in [9.17, 15) is 9.59 Å². The van der Waals surface area contributed by atoms with Gasteiger partial charge in [0.15, 0.2) is 0 Å². The maximum Gasteiger partial charge on any atom is 0.371 e. The summed E-state index contributed by atoms with van der Waals surface area (Å²) in [7, 11) is 0. The fourth-order valence-corrected chi connectivity index (χ4v) is 2.32. The Hall–Kier alpha value is -2.56. The number of hydrogen-bond acceptors (Lipinski definition) is 3. The fourth-order valence-electron chi connectivity index (χ4n) is 2.32. The highest BCUT2D eigenvalue weighted by Gasteiger charge is 2.13. The number of nitrogens with one attached hydrogen (secondary N) is 1. The van der Waals surface area contributed by atoms with E-state index >= 15 is 0 Å². The predicted molar refractivity (Wildman–Crippen MR) is 88.6 cm³/mol. The van der Waals surface area contributed by atoms with Crippen molar-refractivity contribution in [2.75, 3.05) is 5.32 Å². The van der Waals surface area contributed by atoms with Gasteiger partial charge in [0.2, 0.25) is 11.7 Å². The Bertz CT molecular complexity index is 703. The second kappa shape index (κ2) is 7.63. The number of hydrogen-bond donors (Lipinski definition) is 2. The molecule has 122 valence electrons. The molecule has 0 atom stereocenters. The van der Waals surface area contributed by atoms with Crippen molar-refractivity contribution >= 4 is 17.6 Å². The average molecular weight is 315 g/mol. The highest BCUT2D eigenvalue weighted by Crippen LogP contribution is 2.28. The van der Waals surface area contributed by atoms with E-state index in [1.807, 2.05) is 19.1 Å². The summed E-state index contributed by atoms with van der Waals surface area (Å²) in [6.07, 6.45) is 3.49. The van der Waals surface area contributed by atoms with Crippen molar-refractivity contribution in [3.05, 3.63) is 41.7 Å². The third-order valence-electron chi connectivity index (χ3n) is 3.61. The zero-order valence-electron chi connectivity index (χ0n) is 13.4. The number of carboxylic acids is 1. The molecule has 0 radical (unpaired) electrons. The van der Waals surface area contributed by atoms with Gasteiger partial charge in [0.25, 0.3) is 0 Å². The van der Waals surface area contributed by atoms with Crippen molar-refractivity contribution in [2.24, 2.45) is 0 Å². The summed E-state index contributed by atoms with van der Waals surface area (Å²) >= 11 is 0. The Morgan fingerprint density at radius 3 is 2.61 bits per heavy atom. The minimum absolute atomic E-state index is 0.0149. The molecule has 1 heterocycles. The van der Waals surface area contributed by atoms with Crippen LogP contribution in [0, 0.1) is 6.92 Å². The van der Waals surface area contributed by atoms with Crippen molar-refractivity contribution in [3.8, 4) is 11.3 Å². The molecule has 0 fully saturated rings. The first kappa shape index (κ1) is 16.8. The molecule has 0 saturated carbocycles. The van der Waals surface area contributed by atoms with Gasteiger partial charge in [-0.1, -0.05) is 25.8 Å². The van der Waals surface area contributed by atoms with Crippen molar-refractivity contribution in [2.45, 2.75) is 39.5 Å². The molecule has 5 nitrogen and oxygen atoms in total. The largest absolute Gasteiger partial charge is 0.475 e. The molecule has 5 heteroatoms. The lowest BCUT2D eigenvalue weighted by molar-refractivity contribution is -0.116. The van der Waals surface area contributed by atoms with Crippen LogP contribution in [0.15, 0.2) is 34.7 Å². The highest BCUT2D eigenvalue weighted by molar-refractivity contribution is 5.91. The Morgan fingerprint density at radius 2 is 1.96 bits per heavy atom. The van der Waals surface area contributed by atoms with Gasteiger partial charge in [0.1, 0.15) is 5.76 Å². The SMILES string of the molecule is CCCCCC(=O)Nc1ccc(C)c(-c2ccc(C(=O)O)o2)c1. The van der Waals surface area contributed by atoms with E-state index in [0.29, 0.717) is 17.9 Å². The molecule has 0 saturated heterocycles. The first-order valence-corrected chi connectivity index (χ1v) is 7.75. The molecule has 0 spiro atoms. The molecule has 1 aromatic carbocycles. The second-order valence-corrected chi connectivity index (χ2v) is 5.50. The predicted octanol–water partition coefficient (Wildman–Crippen LogP) is 4.47. The van der Waals surface area contributed by atoms with Crippen LogP contribution in [0.4, 0.5) is 5.69 Å². The number of rotatable bonds is 7. The molecule has 23 heavy (non-hydrogen) atoms. The van der Waals surface area contributed by atoms with Gasteiger partial charge in [-0.2, -0.15) is 0 Å². The second-order valence-electron chi connectivity index (χ2n) is 5.50. The van der Waals surface area contributed by atoms with Crippen LogP contribution in [-0.2, 0) is 4.79 Å². The van der Waals surface area contributed by atoms with Gasteiger partial charge in [-0.3, -0.25) is 4.79 Å². The Balaban J connectivity index is 2.15. The molecule has 2 N–H and O–H groups in total. The van der Waals surface area contributed by atoms with Crippen LogP contribution in [0.1, 0.15) is 48.7 Å². The standard InChI is InChI=1S/C18H21NO4/c1-3-4-5-6-17(20)19-13-8-7-12(2)14(11-13)15-9-10-16(23-15)18(21)22/h7-11H,3-6H2,1-2H3,(H,19,20)(H,21,22). The summed E-state index contributed by atoms with van der Waals surface area (Å²) < 4.78 is 5.34. The van der Waals surface area contributed by atoms with Crippen LogP contribution in [0.2, 0.25) is 0 Å². The quantitative estimate of drug-likeness (QED) is 0.739. The number of amides is 1. The van der Waals surface area contributed by atoms with Crippen molar-refractivity contribution in [3.63, 3.8) is 0 Å². The van der Waals surface area contributed by atoms with E-state index in [0.717, 1.165) is 30.4 Å². The lowest BCUT2D eigenvalue weighted by Gasteiger charge is -2.09. The molecule has 2 aromatic rings. The fraction of sp³-hybridized carbons (Fsp3) is 0.333. The number of benzene rings is 1. The third-order valence-corrected chi connectivity index (χ3v) is 3.61. The topological polar surface area (TPSA) is 79.5 Å². The number of unbranched alkanes of at least 4 members (excludes halogenated alkanes) is 2. The number of carbonyl (C=O) groups is 2. The van der Waals surface area contributed by atoms with E-state index < -0.39 is 5.97 Å². The lowest BCUT2D eigenvalue weighted by atomic mass is 10.1. The monoisotopic (exact) mass is 315 g/mol. The Labute approximate surface area is 135 Å². The summed E-state index contributed by atoms with van der Waals surface area (Å²) in [6.45, 7) is 4.00. The summed E-state index contributed by atoms with van der Waals surface area (Å²) in [5, 5.41) is 11.8. The van der Waals surface area contributed by atoms with Crippen molar-refractivity contribution in [1.29, 1.82) is 0 Å². The molecule has 0 aliphatic rings. The maximum absolute atomic E-state index is 11.9. The molecular formula is C18H21NO4. The minimum Gasteiger partial charge on any atom is -0.475 e. The molecule has 0 bridgehead atoms. The molecule has 0 unspecified atom stereocenters. The Morgan fingerprint density at radius 1 is 1.17 bits per heavy atom. The highest BCUT2D eigenvalue weighted by atomic mass is 16.4. The smallest absolute Gasteiger partial charge is 0.371 e. The van der Waals surface area contributed by atoms with Gasteiger partial charge in [-0.05, 0) is 43.2 Å². The number of furan rings is 1. The van der Waals surface area contributed by atoms with Gasteiger partial charge in [-0.15, -0.1) is 0 Å². The van der Waals surface area contributed by atoms with E-state index in [1.54, 1.807) is 12.1 Å². The normalized spacial score (nSPS) is 10.5. The lowest BCUT2D eigenvalue weighted by Crippen LogP contribution is -2.11. The molecular weight excluding hydrogens is 294 g/mol. The molecule has 1 amide bonds. The van der Waals surface area contributed by atoms with Crippen LogP contribution in [0.5, 0.6) is 0 Å². The van der Waals surface area contributed by atoms with E-state index in [2.05, 4.69) is 12.2 Å². The van der Waals surface area contributed by atoms with Crippen molar-refractivity contribution in [1.82, 2.24) is 0 Å². The van der Waals surface area contributed by atoms with Gasteiger partial charge < -0.3 is 14.8 Å². The number of carbonyl (C=O) groups excluding carboxylic acids is 1. The van der Waals surface area contributed by atoms with Crippen LogP contribution < -0.4 is 5.32 Å². The van der Waals surface area contributed by atoms with Crippen LogP contribution >= 0.6 is 0 Å². The minimum atomic E-state index is -1.10. The average Bonchev–Trinajstić information content (AvgIpc) is 2.99. The third kappa shape index (κ3) is 4.45. The zero-order valence-corrected chi connectivity index (χ0v) is 13.4. The molecule has 1 aromatic heterocycles.